The summed E-state index contributed by atoms with van der Waals surface area (Å²) in [6.45, 7) is 2.52. The van der Waals surface area contributed by atoms with E-state index in [9.17, 15) is 14.9 Å². The molecule has 1 N–H and O–H groups in total. The van der Waals surface area contributed by atoms with E-state index in [0.717, 1.165) is 28.9 Å². The van der Waals surface area contributed by atoms with Crippen molar-refractivity contribution in [1.29, 1.82) is 0 Å². The Balaban J connectivity index is 1.58. The van der Waals surface area contributed by atoms with Gasteiger partial charge in [-0.2, -0.15) is 0 Å². The van der Waals surface area contributed by atoms with Crippen molar-refractivity contribution in [2.24, 2.45) is 5.92 Å². The molecule has 3 unspecified atom stereocenters. The minimum Gasteiger partial charge on any atom is -0.377 e. The van der Waals surface area contributed by atoms with Gasteiger partial charge in [0.05, 0.1) is 22.2 Å². The maximum absolute atomic E-state index is 13.7. The molecule has 0 spiro atoms. The number of amides is 1. The molecule has 3 aromatic rings. The number of carbonyl (C=O) groups excluding carboxylic acids is 1. The van der Waals surface area contributed by atoms with Crippen molar-refractivity contribution in [2.45, 2.75) is 25.3 Å². The molecule has 0 bridgehead atoms. The molecule has 1 heterocycles. The van der Waals surface area contributed by atoms with E-state index in [2.05, 4.69) is 23.5 Å². The lowest BCUT2D eigenvalue weighted by Gasteiger charge is -2.38. The predicted molar refractivity (Wildman–Crippen MR) is 130 cm³/mol. The lowest BCUT2D eigenvalue weighted by molar-refractivity contribution is -0.384. The van der Waals surface area contributed by atoms with Crippen LogP contribution in [0.3, 0.4) is 0 Å². The first kappa shape index (κ1) is 20.9. The number of hydrogen-bond acceptors (Lipinski definition) is 4. The number of anilines is 2. The Morgan fingerprint density at radius 1 is 1.09 bits per heavy atom. The largest absolute Gasteiger partial charge is 0.377 e. The van der Waals surface area contributed by atoms with Crippen LogP contribution < -0.4 is 10.2 Å². The van der Waals surface area contributed by atoms with Crippen LogP contribution >= 0.6 is 0 Å². The van der Waals surface area contributed by atoms with Gasteiger partial charge in [-0.1, -0.05) is 54.6 Å². The second-order valence-electron chi connectivity index (χ2n) is 8.48. The van der Waals surface area contributed by atoms with E-state index in [4.69, 9.17) is 0 Å². The minimum atomic E-state index is -0.363. The third kappa shape index (κ3) is 3.67. The molecular weight excluding hydrogens is 414 g/mol. The fraction of sp³-hybridized carbons (Fsp3) is 0.222. The van der Waals surface area contributed by atoms with Gasteiger partial charge in [-0.25, -0.2) is 0 Å². The van der Waals surface area contributed by atoms with Crippen LogP contribution in [0.4, 0.5) is 17.1 Å². The molecular formula is C27H25N3O3. The summed E-state index contributed by atoms with van der Waals surface area (Å²) in [5.41, 5.74) is 4.34. The predicted octanol–water partition coefficient (Wildman–Crippen LogP) is 6.09. The molecule has 33 heavy (non-hydrogen) atoms. The fourth-order valence-electron chi connectivity index (χ4n) is 5.16. The number of nitrogens with one attached hydrogen (secondary N) is 1. The molecule has 0 saturated heterocycles. The van der Waals surface area contributed by atoms with Crippen molar-refractivity contribution < 1.29 is 9.72 Å². The van der Waals surface area contributed by atoms with Crippen LogP contribution in [0, 0.1) is 16.0 Å². The maximum atomic E-state index is 13.7. The number of allylic oxidation sites excluding steroid dienone is 2. The zero-order valence-electron chi connectivity index (χ0n) is 18.3. The molecule has 0 aromatic heterocycles. The first-order valence-electron chi connectivity index (χ1n) is 11.3. The number of nitro benzene ring substituents is 1. The van der Waals surface area contributed by atoms with Crippen LogP contribution in [0.1, 0.15) is 46.8 Å². The highest BCUT2D eigenvalue weighted by atomic mass is 16.6. The second-order valence-corrected chi connectivity index (χ2v) is 8.48. The topological polar surface area (TPSA) is 75.5 Å². The number of nitro groups is 1. The van der Waals surface area contributed by atoms with E-state index in [1.807, 2.05) is 55.5 Å². The Morgan fingerprint density at radius 2 is 1.88 bits per heavy atom. The van der Waals surface area contributed by atoms with E-state index in [1.165, 1.54) is 6.07 Å². The average molecular weight is 440 g/mol. The van der Waals surface area contributed by atoms with E-state index in [0.29, 0.717) is 12.1 Å². The summed E-state index contributed by atoms with van der Waals surface area (Å²) in [5.74, 6) is 0.331. The highest BCUT2D eigenvalue weighted by Gasteiger charge is 2.40. The molecule has 166 valence electrons. The lowest BCUT2D eigenvalue weighted by atomic mass is 9.76. The van der Waals surface area contributed by atoms with Crippen LogP contribution in [0.15, 0.2) is 84.9 Å². The van der Waals surface area contributed by atoms with Gasteiger partial charge in [0.15, 0.2) is 0 Å². The molecule has 1 aliphatic carbocycles. The van der Waals surface area contributed by atoms with Crippen molar-refractivity contribution in [2.75, 3.05) is 16.8 Å². The highest BCUT2D eigenvalue weighted by molar-refractivity contribution is 6.10. The normalized spacial score (nSPS) is 20.5. The lowest BCUT2D eigenvalue weighted by Crippen LogP contribution is -2.34. The number of hydrogen-bond donors (Lipinski definition) is 1. The summed E-state index contributed by atoms with van der Waals surface area (Å²) < 4.78 is 0. The van der Waals surface area contributed by atoms with Gasteiger partial charge in [-0.3, -0.25) is 14.9 Å². The van der Waals surface area contributed by atoms with E-state index >= 15 is 0 Å². The van der Waals surface area contributed by atoms with Crippen molar-refractivity contribution in [3.05, 3.63) is 112 Å². The zero-order valence-corrected chi connectivity index (χ0v) is 18.3. The molecule has 6 nitrogen and oxygen atoms in total. The SMILES string of the molecule is CCN(C(=O)c1cccc2c1NC(c1cccc([N+](=O)[O-])c1)C1CC=CC21)c1ccccc1. The summed E-state index contributed by atoms with van der Waals surface area (Å²) in [4.78, 5) is 26.5. The van der Waals surface area contributed by atoms with Gasteiger partial charge in [-0.15, -0.1) is 0 Å². The third-order valence-electron chi connectivity index (χ3n) is 6.70. The Labute approximate surface area is 192 Å². The summed E-state index contributed by atoms with van der Waals surface area (Å²) >= 11 is 0. The number of non-ortho nitro benzene ring substituents is 1. The van der Waals surface area contributed by atoms with Crippen LogP contribution in [0.5, 0.6) is 0 Å². The summed E-state index contributed by atoms with van der Waals surface area (Å²) in [5, 5.41) is 15.0. The van der Waals surface area contributed by atoms with Gasteiger partial charge in [-0.05, 0) is 48.6 Å². The number of carbonyl (C=O) groups is 1. The van der Waals surface area contributed by atoms with E-state index < -0.39 is 0 Å². The molecule has 2 aliphatic rings. The Kier molecular flexibility index (Phi) is 5.42. The molecule has 5 rings (SSSR count). The standard InChI is InChI=1S/C27H25N3O3/c1-2-29(19-10-4-3-5-11-19)27(31)24-16-8-15-23-21-13-7-14-22(21)25(28-26(23)24)18-9-6-12-20(17-18)30(32)33/h3-13,15-17,21-22,25,28H,2,14H2,1H3. The van der Waals surface area contributed by atoms with Gasteiger partial charge in [0, 0.05) is 30.3 Å². The average Bonchev–Trinajstić information content (AvgIpc) is 3.34. The van der Waals surface area contributed by atoms with Gasteiger partial charge in [0.2, 0.25) is 0 Å². The van der Waals surface area contributed by atoms with Gasteiger partial charge < -0.3 is 10.2 Å². The van der Waals surface area contributed by atoms with Gasteiger partial charge in [0.1, 0.15) is 0 Å². The monoisotopic (exact) mass is 439 g/mol. The molecule has 1 amide bonds. The Hall–Kier alpha value is -3.93. The van der Waals surface area contributed by atoms with Crippen molar-refractivity contribution in [3.8, 4) is 0 Å². The Bertz CT molecular complexity index is 1240. The molecule has 1 aliphatic heterocycles. The van der Waals surface area contributed by atoms with Crippen LogP contribution in [-0.4, -0.2) is 17.4 Å². The molecule has 0 fully saturated rings. The number of rotatable bonds is 5. The van der Waals surface area contributed by atoms with E-state index in [-0.39, 0.29) is 34.4 Å². The third-order valence-corrected chi connectivity index (χ3v) is 6.70. The fourth-order valence-corrected chi connectivity index (χ4v) is 5.16. The molecule has 3 atom stereocenters. The smallest absolute Gasteiger partial charge is 0.269 e. The number of fused-ring (bicyclic) bond motifs is 3. The molecule has 0 radical (unpaired) electrons. The zero-order chi connectivity index (χ0) is 22.9. The minimum absolute atomic E-state index is 0.0636. The van der Waals surface area contributed by atoms with E-state index in [1.54, 1.807) is 17.0 Å². The van der Waals surface area contributed by atoms with Crippen LogP contribution in [-0.2, 0) is 0 Å². The van der Waals surface area contributed by atoms with Crippen molar-refractivity contribution >= 4 is 23.0 Å². The molecule has 3 aromatic carbocycles. The summed E-state index contributed by atoms with van der Waals surface area (Å²) in [7, 11) is 0. The number of nitrogens with zero attached hydrogens (tertiary/aromatic N) is 2. The molecule has 6 heteroatoms. The summed E-state index contributed by atoms with van der Waals surface area (Å²) in [6, 6.07) is 22.2. The van der Waals surface area contributed by atoms with Gasteiger partial charge >= 0.3 is 0 Å². The number of para-hydroxylation sites is 2. The van der Waals surface area contributed by atoms with Crippen LogP contribution in [0.25, 0.3) is 0 Å². The molecule has 0 saturated carbocycles. The van der Waals surface area contributed by atoms with Crippen LogP contribution in [0.2, 0.25) is 0 Å². The first-order valence-corrected chi connectivity index (χ1v) is 11.3. The number of benzene rings is 3. The van der Waals surface area contributed by atoms with Crippen molar-refractivity contribution in [3.63, 3.8) is 0 Å². The Morgan fingerprint density at radius 3 is 2.64 bits per heavy atom. The summed E-state index contributed by atoms with van der Waals surface area (Å²) in [6.07, 6.45) is 5.26. The second kappa shape index (κ2) is 8.54. The quantitative estimate of drug-likeness (QED) is 0.297. The van der Waals surface area contributed by atoms with Crippen molar-refractivity contribution in [1.82, 2.24) is 0 Å². The van der Waals surface area contributed by atoms with Gasteiger partial charge in [0.25, 0.3) is 11.6 Å². The first-order chi connectivity index (χ1) is 16.1. The highest BCUT2D eigenvalue weighted by Crippen LogP contribution is 2.51. The maximum Gasteiger partial charge on any atom is 0.269 e.